The molecule has 0 bridgehead atoms. The zero-order valence-corrected chi connectivity index (χ0v) is 15.5. The van der Waals surface area contributed by atoms with Gasteiger partial charge in [-0.1, -0.05) is 29.8 Å². The van der Waals surface area contributed by atoms with E-state index in [-0.39, 0.29) is 5.69 Å². The predicted molar refractivity (Wildman–Crippen MR) is 102 cm³/mol. The smallest absolute Gasteiger partial charge is 0.361 e. The number of oxazole rings is 1. The van der Waals surface area contributed by atoms with Gasteiger partial charge in [-0.2, -0.15) is 0 Å². The van der Waals surface area contributed by atoms with Crippen LogP contribution in [0.5, 0.6) is 0 Å². The van der Waals surface area contributed by atoms with Crippen molar-refractivity contribution in [3.8, 4) is 11.5 Å². The van der Waals surface area contributed by atoms with Gasteiger partial charge >= 0.3 is 5.97 Å². The molecule has 2 aromatic carbocycles. The molecule has 0 unspecified atom stereocenters. The summed E-state index contributed by atoms with van der Waals surface area (Å²) in [6, 6.07) is 15.8. The molecule has 1 N–H and O–H groups in total. The number of nitrogens with zero attached hydrogens (tertiary/aromatic N) is 1. The van der Waals surface area contributed by atoms with Crippen LogP contribution in [0, 0.1) is 6.92 Å². The summed E-state index contributed by atoms with van der Waals surface area (Å²) in [5, 5.41) is 3.21. The Hall–Kier alpha value is -3.12. The van der Waals surface area contributed by atoms with Crippen molar-refractivity contribution in [3.63, 3.8) is 0 Å². The van der Waals surface area contributed by atoms with Gasteiger partial charge in [-0.15, -0.1) is 0 Å². The molecule has 0 saturated carbocycles. The second-order valence-electron chi connectivity index (χ2n) is 5.83. The zero-order chi connectivity index (χ0) is 19.4. The number of hydrogen-bond donors (Lipinski definition) is 1. The molecule has 1 aromatic heterocycles. The summed E-state index contributed by atoms with van der Waals surface area (Å²) < 4.78 is 10.8. The van der Waals surface area contributed by atoms with Crippen LogP contribution < -0.4 is 5.32 Å². The molecule has 0 aliphatic carbocycles. The number of anilines is 1. The third-order valence-corrected chi connectivity index (χ3v) is 4.03. The predicted octanol–water partition coefficient (Wildman–Crippen LogP) is 4.49. The summed E-state index contributed by atoms with van der Waals surface area (Å²) >= 11 is 5.81. The fraction of sp³-hybridized carbons (Fsp3) is 0.150. The van der Waals surface area contributed by atoms with Crippen LogP contribution in [0.15, 0.2) is 59.0 Å². The third-order valence-electron chi connectivity index (χ3n) is 3.78. The first-order chi connectivity index (χ1) is 12.9. The van der Waals surface area contributed by atoms with Gasteiger partial charge in [0.25, 0.3) is 5.91 Å². The van der Waals surface area contributed by atoms with Crippen molar-refractivity contribution in [2.24, 2.45) is 0 Å². The van der Waals surface area contributed by atoms with E-state index in [1.165, 1.54) is 6.92 Å². The maximum Gasteiger partial charge on any atom is 0.361 e. The van der Waals surface area contributed by atoms with Gasteiger partial charge in [0.1, 0.15) is 5.76 Å². The zero-order valence-electron chi connectivity index (χ0n) is 14.7. The summed E-state index contributed by atoms with van der Waals surface area (Å²) in [5.41, 5.74) is 1.34. The Bertz CT molecular complexity index is 952. The largest absolute Gasteiger partial charge is 0.448 e. The molecule has 0 aliphatic rings. The lowest BCUT2D eigenvalue weighted by Gasteiger charge is -2.12. The van der Waals surface area contributed by atoms with Gasteiger partial charge in [0.05, 0.1) is 0 Å². The van der Waals surface area contributed by atoms with Gasteiger partial charge in [-0.05, 0) is 50.2 Å². The van der Waals surface area contributed by atoms with Gasteiger partial charge in [0.15, 0.2) is 11.8 Å². The highest BCUT2D eigenvalue weighted by molar-refractivity contribution is 6.30. The van der Waals surface area contributed by atoms with E-state index in [1.54, 1.807) is 31.2 Å². The van der Waals surface area contributed by atoms with E-state index in [1.807, 2.05) is 30.3 Å². The molecule has 0 fully saturated rings. The number of amides is 1. The van der Waals surface area contributed by atoms with E-state index < -0.39 is 18.0 Å². The first-order valence-electron chi connectivity index (χ1n) is 8.24. The van der Waals surface area contributed by atoms with Crippen molar-refractivity contribution >= 4 is 29.2 Å². The molecule has 138 valence electrons. The fourth-order valence-electron chi connectivity index (χ4n) is 2.34. The third kappa shape index (κ3) is 4.54. The minimum atomic E-state index is -1.01. The van der Waals surface area contributed by atoms with E-state index >= 15 is 0 Å². The van der Waals surface area contributed by atoms with Crippen molar-refractivity contribution in [2.75, 3.05) is 5.32 Å². The molecule has 3 rings (SSSR count). The van der Waals surface area contributed by atoms with E-state index in [4.69, 9.17) is 20.8 Å². The monoisotopic (exact) mass is 384 g/mol. The number of carbonyl (C=O) groups is 2. The van der Waals surface area contributed by atoms with Crippen molar-refractivity contribution < 1.29 is 18.7 Å². The molecule has 27 heavy (non-hydrogen) atoms. The molecule has 0 aliphatic heterocycles. The molecular weight excluding hydrogens is 368 g/mol. The van der Waals surface area contributed by atoms with Crippen molar-refractivity contribution in [1.29, 1.82) is 0 Å². The van der Waals surface area contributed by atoms with Crippen LogP contribution in [0.2, 0.25) is 5.02 Å². The Labute approximate surface area is 161 Å². The minimum Gasteiger partial charge on any atom is -0.448 e. The highest BCUT2D eigenvalue weighted by Crippen LogP contribution is 2.22. The quantitative estimate of drug-likeness (QED) is 0.655. The molecule has 3 aromatic rings. The minimum absolute atomic E-state index is 0.0417. The topological polar surface area (TPSA) is 81.4 Å². The molecule has 6 nitrogen and oxygen atoms in total. The SMILES string of the molecule is Cc1oc(-c2ccccc2)nc1C(=O)O[C@H](C)C(=O)Nc1ccc(Cl)cc1. The number of ether oxygens (including phenoxy) is 1. The van der Waals surface area contributed by atoms with Gasteiger partial charge in [-0.25, -0.2) is 9.78 Å². The van der Waals surface area contributed by atoms with Gasteiger partial charge < -0.3 is 14.5 Å². The van der Waals surface area contributed by atoms with Crippen LogP contribution in [0.25, 0.3) is 11.5 Å². The van der Waals surface area contributed by atoms with Crippen molar-refractivity contribution in [2.45, 2.75) is 20.0 Å². The maximum absolute atomic E-state index is 12.4. The van der Waals surface area contributed by atoms with Gasteiger partial charge in [-0.3, -0.25) is 4.79 Å². The second-order valence-corrected chi connectivity index (χ2v) is 6.27. The Kier molecular flexibility index (Phi) is 5.57. The van der Waals surface area contributed by atoms with Crippen LogP contribution >= 0.6 is 11.6 Å². The summed E-state index contributed by atoms with van der Waals surface area (Å²) in [7, 11) is 0. The summed E-state index contributed by atoms with van der Waals surface area (Å²) in [4.78, 5) is 28.8. The highest BCUT2D eigenvalue weighted by Gasteiger charge is 2.24. The first-order valence-corrected chi connectivity index (χ1v) is 8.62. The number of carbonyl (C=O) groups excluding carboxylic acids is 2. The Balaban J connectivity index is 1.67. The van der Waals surface area contributed by atoms with Gasteiger partial charge in [0, 0.05) is 16.3 Å². The molecule has 1 amide bonds. The fourth-order valence-corrected chi connectivity index (χ4v) is 2.46. The summed E-state index contributed by atoms with van der Waals surface area (Å²) in [6.45, 7) is 3.10. The summed E-state index contributed by atoms with van der Waals surface area (Å²) in [5.74, 6) is -0.547. The van der Waals surface area contributed by atoms with Crippen LogP contribution in [0.3, 0.4) is 0 Å². The van der Waals surface area contributed by atoms with Crippen LogP contribution in [0.4, 0.5) is 5.69 Å². The number of halogens is 1. The van der Waals surface area contributed by atoms with Gasteiger partial charge in [0.2, 0.25) is 5.89 Å². The van der Waals surface area contributed by atoms with E-state index in [0.29, 0.717) is 22.4 Å². The highest BCUT2D eigenvalue weighted by atomic mass is 35.5. The number of aryl methyl sites for hydroxylation is 1. The lowest BCUT2D eigenvalue weighted by molar-refractivity contribution is -0.123. The normalized spacial score (nSPS) is 11.7. The lowest BCUT2D eigenvalue weighted by atomic mass is 10.2. The molecule has 1 atom stereocenters. The standard InChI is InChI=1S/C20H17ClN2O4/c1-12-17(23-19(26-12)14-6-4-3-5-7-14)20(25)27-13(2)18(24)22-16-10-8-15(21)9-11-16/h3-11,13H,1-2H3,(H,22,24)/t13-/m1/s1. The van der Waals surface area contributed by atoms with Crippen molar-refractivity contribution in [3.05, 3.63) is 71.1 Å². The molecule has 0 radical (unpaired) electrons. The number of benzene rings is 2. The average molecular weight is 385 g/mol. The molecular formula is C20H17ClN2O4. The Morgan fingerprint density at radius 2 is 1.78 bits per heavy atom. The van der Waals surface area contributed by atoms with E-state index in [2.05, 4.69) is 10.3 Å². The first kappa shape index (κ1) is 18.7. The number of nitrogens with one attached hydrogen (secondary N) is 1. The molecule has 0 saturated heterocycles. The van der Waals surface area contributed by atoms with E-state index in [0.717, 1.165) is 5.56 Å². The van der Waals surface area contributed by atoms with E-state index in [9.17, 15) is 9.59 Å². The number of aromatic nitrogens is 1. The van der Waals surface area contributed by atoms with Crippen LogP contribution in [-0.2, 0) is 9.53 Å². The molecule has 1 heterocycles. The van der Waals surface area contributed by atoms with Crippen molar-refractivity contribution in [1.82, 2.24) is 4.98 Å². The Morgan fingerprint density at radius 1 is 1.11 bits per heavy atom. The number of esters is 1. The number of hydrogen-bond acceptors (Lipinski definition) is 5. The number of rotatable bonds is 5. The molecule has 7 heteroatoms. The Morgan fingerprint density at radius 3 is 2.44 bits per heavy atom. The van der Waals surface area contributed by atoms with Crippen LogP contribution in [-0.4, -0.2) is 23.0 Å². The molecule has 0 spiro atoms. The maximum atomic E-state index is 12.4. The van der Waals surface area contributed by atoms with Crippen LogP contribution in [0.1, 0.15) is 23.2 Å². The summed E-state index contributed by atoms with van der Waals surface area (Å²) in [6.07, 6.45) is -1.01. The lowest BCUT2D eigenvalue weighted by Crippen LogP contribution is -2.30. The average Bonchev–Trinajstić information content (AvgIpc) is 3.06. The second kappa shape index (κ2) is 8.05.